The molecule has 16 heavy (non-hydrogen) atoms. The van der Waals surface area contributed by atoms with Crippen molar-refractivity contribution in [3.8, 4) is 0 Å². The lowest BCUT2D eigenvalue weighted by Gasteiger charge is -2.18. The molecule has 1 aromatic rings. The van der Waals surface area contributed by atoms with E-state index in [0.29, 0.717) is 0 Å². The van der Waals surface area contributed by atoms with E-state index in [1.807, 2.05) is 0 Å². The molecule has 1 nitrogen and oxygen atoms in total. The third-order valence-corrected chi connectivity index (χ3v) is 3.33. The van der Waals surface area contributed by atoms with Gasteiger partial charge < -0.3 is 4.90 Å². The molecule has 0 aliphatic carbocycles. The van der Waals surface area contributed by atoms with Gasteiger partial charge in [0.1, 0.15) is 0 Å². The van der Waals surface area contributed by atoms with Crippen LogP contribution >= 0.6 is 11.6 Å². The predicted octanol–water partition coefficient (Wildman–Crippen LogP) is 3.67. The molecule has 0 bridgehead atoms. The molecule has 0 aliphatic heterocycles. The Morgan fingerprint density at radius 2 is 1.69 bits per heavy atom. The van der Waals surface area contributed by atoms with Crippen molar-refractivity contribution < 1.29 is 0 Å². The molecule has 0 saturated carbocycles. The number of hydrogen-bond donors (Lipinski definition) is 0. The fourth-order valence-electron chi connectivity index (χ4n) is 1.89. The van der Waals surface area contributed by atoms with E-state index in [1.54, 1.807) is 0 Å². The van der Waals surface area contributed by atoms with Crippen molar-refractivity contribution in [1.29, 1.82) is 0 Å². The van der Waals surface area contributed by atoms with Crippen LogP contribution in [0.2, 0.25) is 0 Å². The summed E-state index contributed by atoms with van der Waals surface area (Å²) < 4.78 is 0. The molecule has 0 N–H and O–H groups in total. The second-order valence-electron chi connectivity index (χ2n) is 4.64. The predicted molar refractivity (Wildman–Crippen MR) is 72.3 cm³/mol. The van der Waals surface area contributed by atoms with Gasteiger partial charge in [-0.25, -0.2) is 0 Å². The maximum Gasteiger partial charge on any atom is 0.0235 e. The Kier molecular flexibility index (Phi) is 5.30. The molecule has 0 amide bonds. The van der Waals surface area contributed by atoms with Crippen LogP contribution in [-0.4, -0.2) is 24.4 Å². The van der Waals surface area contributed by atoms with Gasteiger partial charge in [0.2, 0.25) is 0 Å². The van der Waals surface area contributed by atoms with Crippen LogP contribution in [0.4, 0.5) is 0 Å². The molecule has 0 aliphatic rings. The lowest BCUT2D eigenvalue weighted by molar-refractivity contribution is 0.327. The fourth-order valence-corrected chi connectivity index (χ4v) is 2.01. The van der Waals surface area contributed by atoms with Crippen LogP contribution in [-0.2, 0) is 6.54 Å². The van der Waals surface area contributed by atoms with Crippen LogP contribution in [0.25, 0.3) is 0 Å². The average molecular weight is 240 g/mol. The van der Waals surface area contributed by atoms with Gasteiger partial charge in [-0.2, -0.15) is 0 Å². The first-order chi connectivity index (χ1) is 7.54. The minimum atomic E-state index is 0.746. The summed E-state index contributed by atoms with van der Waals surface area (Å²) in [5.74, 6) is 0.746. The second kappa shape index (κ2) is 6.27. The largest absolute Gasteiger partial charge is 0.302 e. The molecule has 1 aromatic carbocycles. The summed E-state index contributed by atoms with van der Waals surface area (Å²) in [6, 6.07) is 4.59. The summed E-state index contributed by atoms with van der Waals surface area (Å²) >= 11 is 5.70. The van der Waals surface area contributed by atoms with Gasteiger partial charge in [-0.3, -0.25) is 0 Å². The average Bonchev–Trinajstić information content (AvgIpc) is 2.23. The van der Waals surface area contributed by atoms with Gasteiger partial charge in [-0.15, -0.1) is 11.6 Å². The summed E-state index contributed by atoms with van der Waals surface area (Å²) in [7, 11) is 2.15. The van der Waals surface area contributed by atoms with Gasteiger partial charge >= 0.3 is 0 Å². The topological polar surface area (TPSA) is 3.24 Å². The Hall–Kier alpha value is -0.530. The number of alkyl halides is 1. The van der Waals surface area contributed by atoms with Crippen molar-refractivity contribution in [1.82, 2.24) is 4.90 Å². The Balaban J connectivity index is 2.69. The van der Waals surface area contributed by atoms with E-state index in [0.717, 1.165) is 25.4 Å². The maximum absolute atomic E-state index is 5.70. The number of halogens is 1. The van der Waals surface area contributed by atoms with Crippen molar-refractivity contribution in [2.24, 2.45) is 0 Å². The monoisotopic (exact) mass is 239 g/mol. The van der Waals surface area contributed by atoms with Crippen LogP contribution in [0.3, 0.4) is 0 Å². The zero-order valence-electron chi connectivity index (χ0n) is 10.8. The quantitative estimate of drug-likeness (QED) is 0.709. The molecule has 2 heteroatoms. The molecule has 0 radical (unpaired) electrons. The first-order valence-corrected chi connectivity index (χ1v) is 6.39. The fraction of sp³-hybridized carbons (Fsp3) is 0.571. The highest BCUT2D eigenvalue weighted by molar-refractivity contribution is 6.17. The van der Waals surface area contributed by atoms with Gasteiger partial charge in [-0.1, -0.05) is 12.1 Å². The van der Waals surface area contributed by atoms with Crippen molar-refractivity contribution in [3.63, 3.8) is 0 Å². The molecule has 0 atom stereocenters. The van der Waals surface area contributed by atoms with Crippen LogP contribution in [0, 0.1) is 20.8 Å². The molecule has 1 rings (SSSR count). The van der Waals surface area contributed by atoms with Crippen LogP contribution in [0.5, 0.6) is 0 Å². The molecule has 0 unspecified atom stereocenters. The highest BCUT2D eigenvalue weighted by Gasteiger charge is 2.05. The first-order valence-electron chi connectivity index (χ1n) is 5.86. The maximum atomic E-state index is 5.70. The van der Waals surface area contributed by atoms with E-state index in [9.17, 15) is 0 Å². The van der Waals surface area contributed by atoms with Gasteiger partial charge in [0.05, 0.1) is 0 Å². The zero-order chi connectivity index (χ0) is 12.1. The number of hydrogen-bond acceptors (Lipinski definition) is 1. The Bertz CT molecular complexity index is 347. The minimum Gasteiger partial charge on any atom is -0.302 e. The van der Waals surface area contributed by atoms with E-state index in [4.69, 9.17) is 11.6 Å². The smallest absolute Gasteiger partial charge is 0.0235 e. The molecular formula is C14H22ClN. The third-order valence-electron chi connectivity index (χ3n) is 3.07. The molecule has 0 fully saturated rings. The zero-order valence-corrected chi connectivity index (χ0v) is 11.6. The molecule has 90 valence electrons. The summed E-state index contributed by atoms with van der Waals surface area (Å²) in [5.41, 5.74) is 5.58. The van der Waals surface area contributed by atoms with E-state index in [2.05, 4.69) is 44.9 Å². The molecule has 0 aromatic heterocycles. The Morgan fingerprint density at radius 1 is 1.06 bits per heavy atom. The van der Waals surface area contributed by atoms with Gasteiger partial charge in [0.25, 0.3) is 0 Å². The minimum absolute atomic E-state index is 0.746. The highest BCUT2D eigenvalue weighted by Crippen LogP contribution is 2.16. The van der Waals surface area contributed by atoms with Gasteiger partial charge in [0.15, 0.2) is 0 Å². The number of nitrogens with zero attached hydrogens (tertiary/aromatic N) is 1. The molecule has 0 saturated heterocycles. The number of rotatable bonds is 5. The van der Waals surface area contributed by atoms with Crippen LogP contribution in [0.15, 0.2) is 12.1 Å². The molecule has 0 spiro atoms. The molecule has 0 heterocycles. The van der Waals surface area contributed by atoms with E-state index in [1.165, 1.54) is 22.3 Å². The SMILES string of the molecule is Cc1cc(C)c(CN(C)CCCCl)cc1C. The third kappa shape index (κ3) is 3.80. The van der Waals surface area contributed by atoms with Crippen molar-refractivity contribution in [2.45, 2.75) is 33.7 Å². The molecular weight excluding hydrogens is 218 g/mol. The van der Waals surface area contributed by atoms with Crippen LogP contribution in [0.1, 0.15) is 28.7 Å². The summed E-state index contributed by atoms with van der Waals surface area (Å²) in [6.45, 7) is 8.62. The van der Waals surface area contributed by atoms with Gasteiger partial charge in [0, 0.05) is 12.4 Å². The Labute approximate surface area is 104 Å². The van der Waals surface area contributed by atoms with E-state index < -0.39 is 0 Å². The van der Waals surface area contributed by atoms with Crippen molar-refractivity contribution in [2.75, 3.05) is 19.5 Å². The van der Waals surface area contributed by atoms with Gasteiger partial charge in [-0.05, 0) is 63.0 Å². The lowest BCUT2D eigenvalue weighted by Crippen LogP contribution is -2.20. The first kappa shape index (κ1) is 13.5. The summed E-state index contributed by atoms with van der Waals surface area (Å²) in [6.07, 6.45) is 1.06. The summed E-state index contributed by atoms with van der Waals surface area (Å²) in [5, 5.41) is 0. The van der Waals surface area contributed by atoms with E-state index >= 15 is 0 Å². The Morgan fingerprint density at radius 3 is 2.31 bits per heavy atom. The normalized spacial score (nSPS) is 11.1. The number of aryl methyl sites for hydroxylation is 3. The van der Waals surface area contributed by atoms with E-state index in [-0.39, 0.29) is 0 Å². The standard InChI is InChI=1S/C14H22ClN/c1-11-8-13(3)14(9-12(11)2)10-16(4)7-5-6-15/h8-9H,5-7,10H2,1-4H3. The van der Waals surface area contributed by atoms with Crippen molar-refractivity contribution >= 4 is 11.6 Å². The summed E-state index contributed by atoms with van der Waals surface area (Å²) in [4.78, 5) is 2.33. The van der Waals surface area contributed by atoms with Crippen LogP contribution < -0.4 is 0 Å². The lowest BCUT2D eigenvalue weighted by atomic mass is 10.0. The highest BCUT2D eigenvalue weighted by atomic mass is 35.5. The number of benzene rings is 1. The second-order valence-corrected chi connectivity index (χ2v) is 5.02. The van der Waals surface area contributed by atoms with Crippen molar-refractivity contribution in [3.05, 3.63) is 34.4 Å².